The molecular weight excluding hydrogens is 242 g/mol. The molecular formula is C13H21N5O. The van der Waals surface area contributed by atoms with Crippen molar-refractivity contribution in [1.82, 2.24) is 20.4 Å². The molecule has 2 unspecified atom stereocenters. The summed E-state index contributed by atoms with van der Waals surface area (Å²) in [5.41, 5.74) is 7.59. The summed E-state index contributed by atoms with van der Waals surface area (Å²) in [6, 6.07) is 0.755. The van der Waals surface area contributed by atoms with Gasteiger partial charge in [0.25, 0.3) is 5.91 Å². The van der Waals surface area contributed by atoms with Gasteiger partial charge in [-0.15, -0.1) is 0 Å². The number of hydrogen-bond donors (Lipinski definition) is 3. The molecule has 0 saturated carbocycles. The van der Waals surface area contributed by atoms with Gasteiger partial charge in [0.05, 0.1) is 11.4 Å². The standard InChI is InChI=1S/C13H21N5O/c1-2-8-11(14)12(17-16-8)13(19)15-9-5-7-18-6-3-4-10(9)18/h9-10H,2-7,14H2,1H3,(H,15,19)(H,16,17). The van der Waals surface area contributed by atoms with Gasteiger partial charge in [-0.2, -0.15) is 5.10 Å². The summed E-state index contributed by atoms with van der Waals surface area (Å²) in [7, 11) is 0. The Kier molecular flexibility index (Phi) is 3.18. The van der Waals surface area contributed by atoms with Gasteiger partial charge in [-0.25, -0.2) is 0 Å². The molecule has 6 heteroatoms. The molecule has 0 aromatic carbocycles. The predicted octanol–water partition coefficient (Wildman–Crippen LogP) is 0.521. The van der Waals surface area contributed by atoms with E-state index in [1.165, 1.54) is 19.4 Å². The number of amides is 1. The van der Waals surface area contributed by atoms with E-state index in [0.29, 0.717) is 17.4 Å². The van der Waals surface area contributed by atoms with Crippen LogP contribution in [0.4, 0.5) is 5.69 Å². The number of aromatic amines is 1. The van der Waals surface area contributed by atoms with Crippen LogP contribution in [-0.4, -0.2) is 46.2 Å². The van der Waals surface area contributed by atoms with Crippen molar-refractivity contribution in [2.45, 2.75) is 44.7 Å². The van der Waals surface area contributed by atoms with E-state index in [1.807, 2.05) is 6.92 Å². The minimum Gasteiger partial charge on any atom is -0.395 e. The van der Waals surface area contributed by atoms with Crippen LogP contribution in [0, 0.1) is 0 Å². The summed E-state index contributed by atoms with van der Waals surface area (Å²) in [6.45, 7) is 4.24. The van der Waals surface area contributed by atoms with Crippen LogP contribution in [0.25, 0.3) is 0 Å². The van der Waals surface area contributed by atoms with Crippen LogP contribution >= 0.6 is 0 Å². The zero-order valence-electron chi connectivity index (χ0n) is 11.3. The Hall–Kier alpha value is -1.56. The summed E-state index contributed by atoms with van der Waals surface area (Å²) in [4.78, 5) is 14.7. The van der Waals surface area contributed by atoms with Gasteiger partial charge in [-0.1, -0.05) is 6.92 Å². The Morgan fingerprint density at radius 3 is 3.11 bits per heavy atom. The van der Waals surface area contributed by atoms with Gasteiger partial charge in [0.1, 0.15) is 0 Å². The van der Waals surface area contributed by atoms with Crippen molar-refractivity contribution in [1.29, 1.82) is 0 Å². The summed E-state index contributed by atoms with van der Waals surface area (Å²) < 4.78 is 0. The lowest BCUT2D eigenvalue weighted by Crippen LogP contribution is -2.42. The molecule has 4 N–H and O–H groups in total. The van der Waals surface area contributed by atoms with Crippen LogP contribution < -0.4 is 11.1 Å². The third kappa shape index (κ3) is 2.10. The highest BCUT2D eigenvalue weighted by Gasteiger charge is 2.38. The number of H-pyrrole nitrogens is 1. The number of aromatic nitrogens is 2. The van der Waals surface area contributed by atoms with E-state index in [1.54, 1.807) is 0 Å². The third-order valence-corrected chi connectivity index (χ3v) is 4.37. The Bertz CT molecular complexity index is 483. The van der Waals surface area contributed by atoms with Crippen molar-refractivity contribution in [2.24, 2.45) is 0 Å². The maximum absolute atomic E-state index is 12.2. The van der Waals surface area contributed by atoms with Crippen LogP contribution in [0.2, 0.25) is 0 Å². The number of aryl methyl sites for hydroxylation is 1. The number of nitrogens with one attached hydrogen (secondary N) is 2. The van der Waals surface area contributed by atoms with E-state index < -0.39 is 0 Å². The van der Waals surface area contributed by atoms with Gasteiger partial charge in [0.15, 0.2) is 5.69 Å². The smallest absolute Gasteiger partial charge is 0.274 e. The lowest BCUT2D eigenvalue weighted by atomic mass is 10.1. The Labute approximate surface area is 112 Å². The fraction of sp³-hybridized carbons (Fsp3) is 0.692. The number of rotatable bonds is 3. The second kappa shape index (κ2) is 4.85. The van der Waals surface area contributed by atoms with Gasteiger partial charge in [-0.05, 0) is 32.2 Å². The minimum atomic E-state index is -0.146. The molecule has 2 saturated heterocycles. The van der Waals surface area contributed by atoms with Gasteiger partial charge in [0.2, 0.25) is 0 Å². The molecule has 0 bridgehead atoms. The summed E-state index contributed by atoms with van der Waals surface area (Å²) in [5, 5.41) is 9.97. The first kappa shape index (κ1) is 12.5. The molecule has 19 heavy (non-hydrogen) atoms. The maximum Gasteiger partial charge on any atom is 0.274 e. The first-order valence-electron chi connectivity index (χ1n) is 7.08. The van der Waals surface area contributed by atoms with Crippen LogP contribution in [0.5, 0.6) is 0 Å². The molecule has 1 amide bonds. The zero-order chi connectivity index (χ0) is 13.4. The van der Waals surface area contributed by atoms with E-state index in [-0.39, 0.29) is 11.9 Å². The van der Waals surface area contributed by atoms with Gasteiger partial charge >= 0.3 is 0 Å². The van der Waals surface area contributed by atoms with Crippen molar-refractivity contribution in [3.8, 4) is 0 Å². The van der Waals surface area contributed by atoms with E-state index in [4.69, 9.17) is 5.73 Å². The average molecular weight is 263 g/mol. The van der Waals surface area contributed by atoms with Crippen molar-refractivity contribution < 1.29 is 4.79 Å². The van der Waals surface area contributed by atoms with E-state index >= 15 is 0 Å². The summed E-state index contributed by atoms with van der Waals surface area (Å²) in [5.74, 6) is -0.146. The fourth-order valence-corrected chi connectivity index (χ4v) is 3.32. The van der Waals surface area contributed by atoms with Crippen LogP contribution in [-0.2, 0) is 6.42 Å². The molecule has 2 aliphatic heterocycles. The topological polar surface area (TPSA) is 87.0 Å². The highest BCUT2D eigenvalue weighted by Crippen LogP contribution is 2.28. The monoisotopic (exact) mass is 263 g/mol. The maximum atomic E-state index is 12.2. The third-order valence-electron chi connectivity index (χ3n) is 4.37. The van der Waals surface area contributed by atoms with Gasteiger partial charge < -0.3 is 11.1 Å². The highest BCUT2D eigenvalue weighted by atomic mass is 16.2. The Morgan fingerprint density at radius 1 is 1.53 bits per heavy atom. The second-order valence-electron chi connectivity index (χ2n) is 5.43. The van der Waals surface area contributed by atoms with Crippen molar-refractivity contribution in [3.63, 3.8) is 0 Å². The lowest BCUT2D eigenvalue weighted by Gasteiger charge is -2.20. The molecule has 2 aliphatic rings. The molecule has 1 aromatic heterocycles. The molecule has 3 heterocycles. The number of nitrogens with zero attached hydrogens (tertiary/aromatic N) is 2. The first-order valence-corrected chi connectivity index (χ1v) is 7.08. The number of nitrogen functional groups attached to an aromatic ring is 1. The number of fused-ring (bicyclic) bond motifs is 1. The molecule has 0 radical (unpaired) electrons. The molecule has 104 valence electrons. The fourth-order valence-electron chi connectivity index (χ4n) is 3.32. The zero-order valence-corrected chi connectivity index (χ0v) is 11.3. The van der Waals surface area contributed by atoms with Crippen molar-refractivity contribution in [2.75, 3.05) is 18.8 Å². The molecule has 0 aliphatic carbocycles. The molecule has 2 fully saturated rings. The number of carbonyl (C=O) groups is 1. The quantitative estimate of drug-likeness (QED) is 0.742. The number of hydrogen-bond acceptors (Lipinski definition) is 4. The van der Waals surface area contributed by atoms with E-state index in [9.17, 15) is 4.79 Å². The SMILES string of the molecule is CCc1[nH]nc(C(=O)NC2CCN3CCCC23)c1N. The lowest BCUT2D eigenvalue weighted by molar-refractivity contribution is 0.0925. The summed E-state index contributed by atoms with van der Waals surface area (Å²) >= 11 is 0. The normalized spacial score (nSPS) is 26.6. The van der Waals surface area contributed by atoms with Crippen LogP contribution in [0.15, 0.2) is 0 Å². The molecule has 6 nitrogen and oxygen atoms in total. The highest BCUT2D eigenvalue weighted by molar-refractivity contribution is 5.97. The molecule has 2 atom stereocenters. The average Bonchev–Trinajstić information content (AvgIpc) is 3.06. The molecule has 3 rings (SSSR count). The van der Waals surface area contributed by atoms with Crippen LogP contribution in [0.3, 0.4) is 0 Å². The van der Waals surface area contributed by atoms with Crippen LogP contribution in [0.1, 0.15) is 42.4 Å². The largest absolute Gasteiger partial charge is 0.395 e. The second-order valence-corrected chi connectivity index (χ2v) is 5.43. The predicted molar refractivity (Wildman–Crippen MR) is 72.8 cm³/mol. The summed E-state index contributed by atoms with van der Waals surface area (Å²) in [6.07, 6.45) is 4.20. The Morgan fingerprint density at radius 2 is 2.37 bits per heavy atom. The number of carbonyl (C=O) groups excluding carboxylic acids is 1. The molecule has 1 aromatic rings. The number of anilines is 1. The van der Waals surface area contributed by atoms with E-state index in [0.717, 1.165) is 25.1 Å². The van der Waals surface area contributed by atoms with Gasteiger partial charge in [-0.3, -0.25) is 14.8 Å². The van der Waals surface area contributed by atoms with Crippen molar-refractivity contribution in [3.05, 3.63) is 11.4 Å². The number of nitrogens with two attached hydrogens (primary N) is 1. The van der Waals surface area contributed by atoms with Gasteiger partial charge in [0, 0.05) is 18.6 Å². The van der Waals surface area contributed by atoms with E-state index in [2.05, 4.69) is 20.4 Å². The first-order chi connectivity index (χ1) is 9.20. The van der Waals surface area contributed by atoms with Crippen molar-refractivity contribution >= 4 is 11.6 Å². The minimum absolute atomic E-state index is 0.146. The Balaban J connectivity index is 1.69. The molecule has 0 spiro atoms.